The highest BCUT2D eigenvalue weighted by Crippen LogP contribution is 2.39. The van der Waals surface area contributed by atoms with Gasteiger partial charge in [-0.25, -0.2) is 9.78 Å². The number of aromatic nitrogens is 1. The maximum atomic E-state index is 12.6. The third-order valence-electron chi connectivity index (χ3n) is 7.33. The summed E-state index contributed by atoms with van der Waals surface area (Å²) < 4.78 is 11.1. The van der Waals surface area contributed by atoms with E-state index in [9.17, 15) is 24.9 Å². The molecule has 2 heterocycles. The number of allylic oxidation sites excluding steroid dienone is 5. The molecule has 0 radical (unpaired) electrons. The van der Waals surface area contributed by atoms with Crippen molar-refractivity contribution in [3.63, 3.8) is 0 Å². The van der Waals surface area contributed by atoms with Crippen LogP contribution < -0.4 is 0 Å². The van der Waals surface area contributed by atoms with Crippen molar-refractivity contribution in [1.29, 1.82) is 0 Å². The van der Waals surface area contributed by atoms with Crippen molar-refractivity contribution < 1.29 is 34.1 Å². The smallest absolute Gasteiger partial charge is 0.342 e. The van der Waals surface area contributed by atoms with Crippen molar-refractivity contribution in [3.05, 3.63) is 94.8 Å². The molecule has 4 atom stereocenters. The minimum atomic E-state index is -1.32. The topological polar surface area (TPSA) is 133 Å². The maximum Gasteiger partial charge on any atom is 0.342 e. The summed E-state index contributed by atoms with van der Waals surface area (Å²) in [6.07, 6.45) is 15.2. The van der Waals surface area contributed by atoms with Crippen molar-refractivity contribution >= 4 is 11.9 Å². The molecule has 2 aromatic rings. The Balaban J connectivity index is 1.46. The summed E-state index contributed by atoms with van der Waals surface area (Å²) in [6, 6.07) is 3.30. The second-order valence-corrected chi connectivity index (χ2v) is 11.7. The number of ether oxygens (including phenoxy) is 1. The number of aliphatic hydroxyl groups excluding tert-OH is 1. The predicted molar refractivity (Wildman–Crippen MR) is 164 cm³/mol. The van der Waals surface area contributed by atoms with Crippen LogP contribution in [0.3, 0.4) is 0 Å². The molecule has 1 unspecified atom stereocenters. The molecule has 1 aliphatic rings. The van der Waals surface area contributed by atoms with Crippen molar-refractivity contribution in [2.45, 2.75) is 78.1 Å². The number of carbonyl (C=O) groups excluding carboxylic acids is 2. The van der Waals surface area contributed by atoms with Gasteiger partial charge in [0.15, 0.2) is 0 Å². The van der Waals surface area contributed by atoms with Gasteiger partial charge in [0.05, 0.1) is 5.69 Å². The number of unbranched alkanes of at least 4 members (excludes halogenated alkanes) is 1. The Morgan fingerprint density at radius 2 is 1.86 bits per heavy atom. The van der Waals surface area contributed by atoms with Gasteiger partial charge in [-0.15, -0.1) is 0 Å². The van der Waals surface area contributed by atoms with E-state index in [0.717, 1.165) is 18.4 Å². The van der Waals surface area contributed by atoms with E-state index >= 15 is 0 Å². The van der Waals surface area contributed by atoms with Crippen LogP contribution in [0.2, 0.25) is 0 Å². The van der Waals surface area contributed by atoms with E-state index in [2.05, 4.69) is 11.1 Å². The van der Waals surface area contributed by atoms with Crippen molar-refractivity contribution in [2.24, 2.45) is 5.92 Å². The molecule has 232 valence electrons. The molecule has 1 aliphatic heterocycles. The normalized spacial score (nSPS) is 18.9. The molecule has 9 nitrogen and oxygen atoms in total. The van der Waals surface area contributed by atoms with Gasteiger partial charge in [-0.3, -0.25) is 4.79 Å². The first kappa shape index (κ1) is 33.6. The Labute approximate surface area is 253 Å². The van der Waals surface area contributed by atoms with E-state index in [1.807, 2.05) is 51.2 Å². The third kappa shape index (κ3) is 9.02. The number of carbonyl (C=O) groups is 2. The van der Waals surface area contributed by atoms with Gasteiger partial charge in [-0.1, -0.05) is 61.1 Å². The summed E-state index contributed by atoms with van der Waals surface area (Å²) in [5.74, 6) is -0.993. The van der Waals surface area contributed by atoms with E-state index in [1.54, 1.807) is 44.0 Å². The molecule has 9 heteroatoms. The summed E-state index contributed by atoms with van der Waals surface area (Å²) in [5.41, 5.74) is 1.09. The molecule has 0 saturated heterocycles. The lowest BCUT2D eigenvalue weighted by Gasteiger charge is -2.33. The summed E-state index contributed by atoms with van der Waals surface area (Å²) in [6.45, 7) is 9.51. The molecule has 0 saturated carbocycles. The number of aromatic hydroxyl groups is 1. The van der Waals surface area contributed by atoms with Crippen LogP contribution in [0, 0.1) is 12.8 Å². The van der Waals surface area contributed by atoms with E-state index in [-0.39, 0.29) is 35.4 Å². The van der Waals surface area contributed by atoms with E-state index in [4.69, 9.17) is 9.15 Å². The van der Waals surface area contributed by atoms with Gasteiger partial charge in [0, 0.05) is 37.6 Å². The van der Waals surface area contributed by atoms with Crippen molar-refractivity contribution in [2.75, 3.05) is 13.6 Å². The molecule has 1 aromatic heterocycles. The van der Waals surface area contributed by atoms with Gasteiger partial charge >= 0.3 is 5.97 Å². The first-order valence-corrected chi connectivity index (χ1v) is 14.6. The lowest BCUT2D eigenvalue weighted by atomic mass is 9.86. The number of phenolic OH excluding ortho intramolecular Hbond substituents is 1. The number of esters is 1. The number of benzene rings is 1. The lowest BCUT2D eigenvalue weighted by Crippen LogP contribution is -2.37. The van der Waals surface area contributed by atoms with Crippen LogP contribution in [0.4, 0.5) is 0 Å². The van der Waals surface area contributed by atoms with Gasteiger partial charge in [0.1, 0.15) is 35.4 Å². The summed E-state index contributed by atoms with van der Waals surface area (Å²) >= 11 is 0. The zero-order valence-electron chi connectivity index (χ0n) is 25.9. The van der Waals surface area contributed by atoms with Crippen LogP contribution in [0.15, 0.2) is 70.9 Å². The van der Waals surface area contributed by atoms with Crippen molar-refractivity contribution in [1.82, 2.24) is 9.88 Å². The zero-order chi connectivity index (χ0) is 31.7. The molecule has 0 aliphatic carbocycles. The first-order valence-electron chi connectivity index (χ1n) is 14.6. The van der Waals surface area contributed by atoms with Gasteiger partial charge in [-0.05, 0) is 52.5 Å². The van der Waals surface area contributed by atoms with Gasteiger partial charge in [-0.2, -0.15) is 0 Å². The zero-order valence-corrected chi connectivity index (χ0v) is 25.9. The monoisotopic (exact) mass is 592 g/mol. The van der Waals surface area contributed by atoms with E-state index < -0.39 is 23.8 Å². The fourth-order valence-electron chi connectivity index (χ4n) is 4.75. The average Bonchev–Trinajstić information content (AvgIpc) is 3.42. The van der Waals surface area contributed by atoms with E-state index in [0.29, 0.717) is 29.8 Å². The van der Waals surface area contributed by atoms with Crippen molar-refractivity contribution in [3.8, 4) is 5.75 Å². The molecule has 1 amide bonds. The Morgan fingerprint density at radius 3 is 2.58 bits per heavy atom. The Kier molecular flexibility index (Phi) is 11.7. The Morgan fingerprint density at radius 1 is 1.16 bits per heavy atom. The average molecular weight is 593 g/mol. The number of oxazole rings is 1. The predicted octanol–water partition coefficient (Wildman–Crippen LogP) is 5.61. The molecular weight excluding hydrogens is 548 g/mol. The minimum absolute atomic E-state index is 0.00299. The molecule has 0 fully saturated rings. The number of nitrogens with zero attached hydrogens (tertiary/aromatic N) is 2. The SMILES string of the molecule is CC(C)=CC(=O)N(C)C/C=C/CC/C=C/C=C/CC(C)(O)c1nc(C[C@@H](C)[C@H]2OC(=O)c3c(ccc(C)c3O)[C@@H]2O)co1. The van der Waals surface area contributed by atoms with Crippen LogP contribution in [0.5, 0.6) is 5.75 Å². The number of cyclic esters (lactones) is 1. The van der Waals surface area contributed by atoms with Gasteiger partial charge in [0.2, 0.25) is 11.8 Å². The number of hydrogen-bond donors (Lipinski definition) is 3. The number of hydrogen-bond acceptors (Lipinski definition) is 8. The number of aliphatic hydroxyl groups is 2. The minimum Gasteiger partial charge on any atom is -0.507 e. The van der Waals surface area contributed by atoms with Crippen LogP contribution in [-0.2, 0) is 21.6 Å². The van der Waals surface area contributed by atoms with E-state index in [1.165, 1.54) is 6.26 Å². The van der Waals surface area contributed by atoms with Gasteiger partial charge < -0.3 is 29.4 Å². The Hall–Kier alpha value is -3.95. The van der Waals surface area contributed by atoms with Crippen LogP contribution in [-0.4, -0.2) is 56.8 Å². The Bertz CT molecular complexity index is 1400. The molecule has 1 aromatic carbocycles. The fourth-order valence-corrected chi connectivity index (χ4v) is 4.75. The maximum absolute atomic E-state index is 12.6. The number of likely N-dealkylation sites (N-methyl/N-ethyl adjacent to an activating group) is 1. The number of aryl methyl sites for hydroxylation is 1. The summed E-state index contributed by atoms with van der Waals surface area (Å²) in [4.78, 5) is 30.6. The molecule has 3 N–H and O–H groups in total. The van der Waals surface area contributed by atoms with Crippen LogP contribution in [0.1, 0.15) is 86.1 Å². The number of phenols is 1. The molecule has 3 rings (SSSR count). The largest absolute Gasteiger partial charge is 0.507 e. The quantitative estimate of drug-likeness (QED) is 0.0899. The molecule has 0 bridgehead atoms. The summed E-state index contributed by atoms with van der Waals surface area (Å²) in [7, 11) is 1.78. The first-order chi connectivity index (χ1) is 20.3. The highest BCUT2D eigenvalue weighted by atomic mass is 16.6. The second-order valence-electron chi connectivity index (χ2n) is 11.7. The standard InChI is InChI=1S/C34H44N2O7/c1-22(2)19-27(37)36(6)18-14-12-10-8-7-9-11-13-17-34(5,41)33-35-25(21-42-33)20-24(4)31-30(39)26-16-15-23(3)29(38)28(26)32(40)43-31/h7,9,11-16,19,21,24,30-31,38-39,41H,8,10,17-18,20H2,1-6H3/b9-7+,13-11+,14-12+/t24-,30+,31-,34?/m1/s1. The molecule has 0 spiro atoms. The fraction of sp³-hybridized carbons (Fsp3) is 0.441. The lowest BCUT2D eigenvalue weighted by molar-refractivity contribution is -0.124. The highest BCUT2D eigenvalue weighted by molar-refractivity contribution is 5.96. The van der Waals surface area contributed by atoms with Crippen LogP contribution in [0.25, 0.3) is 0 Å². The molecular formula is C34H44N2O7. The number of rotatable bonds is 13. The third-order valence-corrected chi connectivity index (χ3v) is 7.33. The number of fused-ring (bicyclic) bond motifs is 1. The summed E-state index contributed by atoms with van der Waals surface area (Å²) in [5, 5.41) is 32.1. The van der Waals surface area contributed by atoms with Crippen LogP contribution >= 0.6 is 0 Å². The van der Waals surface area contributed by atoms with Gasteiger partial charge in [0.25, 0.3) is 0 Å². The second kappa shape index (κ2) is 15.0. The molecule has 43 heavy (non-hydrogen) atoms. The number of amides is 1. The highest BCUT2D eigenvalue weighted by Gasteiger charge is 2.40.